The Morgan fingerprint density at radius 3 is 1.43 bits per heavy atom. The zero-order chi connectivity index (χ0) is 20.9. The summed E-state index contributed by atoms with van der Waals surface area (Å²) in [6.07, 6.45) is 1.69. The molecule has 11 radical (unpaired) electrons. The molecule has 2 saturated heterocycles. The van der Waals surface area contributed by atoms with Crippen LogP contribution in [0.5, 0.6) is 0 Å². The second-order valence-corrected chi connectivity index (χ2v) is 8.78. The van der Waals surface area contributed by atoms with Crippen molar-refractivity contribution in [2.24, 2.45) is 5.41 Å². The van der Waals surface area contributed by atoms with Gasteiger partial charge in [-0.25, -0.2) is 8.78 Å². The molecule has 3 N–H and O–H groups in total. The molecule has 3 atom stereocenters. The SMILES string of the molecule is CC1(C)CNCCC1c1ccc(F)cc1.O[C@@H]1CNCCC1c1ccc(F)cc1.[Y].[Y].[Y].[Y].[Y].[Y].[Y].[Y].[Y].[Y].[Y]. The van der Waals surface area contributed by atoms with E-state index in [9.17, 15) is 13.9 Å². The molecule has 4 rings (SSSR count). The number of halogens is 2. The topological polar surface area (TPSA) is 44.3 Å². The third-order valence-corrected chi connectivity index (χ3v) is 6.15. The quantitative estimate of drug-likeness (QED) is 0.424. The molecule has 2 aromatic rings. The van der Waals surface area contributed by atoms with Crippen LogP contribution < -0.4 is 10.6 Å². The van der Waals surface area contributed by atoms with Crippen molar-refractivity contribution in [3.05, 3.63) is 71.3 Å². The van der Waals surface area contributed by atoms with Gasteiger partial charge in [-0.05, 0) is 72.7 Å². The van der Waals surface area contributed by atoms with Crippen LogP contribution in [-0.2, 0) is 360 Å². The molecule has 0 aromatic heterocycles. The average molecular weight is 1380 g/mol. The van der Waals surface area contributed by atoms with Crippen LogP contribution in [0.25, 0.3) is 0 Å². The molecule has 0 bridgehead atoms. The molecule has 0 aliphatic carbocycles. The van der Waals surface area contributed by atoms with Crippen molar-refractivity contribution >= 4 is 0 Å². The maximum atomic E-state index is 12.8. The summed E-state index contributed by atoms with van der Waals surface area (Å²) in [6.45, 7) is 8.18. The van der Waals surface area contributed by atoms with Crippen LogP contribution in [0.3, 0.4) is 0 Å². The predicted octanol–water partition coefficient (Wildman–Crippen LogP) is 4.16. The number of piperidine rings is 2. The van der Waals surface area contributed by atoms with E-state index in [2.05, 4.69) is 24.5 Å². The Hall–Kier alpha value is 10.3. The molecule has 191 valence electrons. The Morgan fingerprint density at radius 2 is 1.02 bits per heavy atom. The monoisotopic (exact) mass is 1380 g/mol. The van der Waals surface area contributed by atoms with Crippen molar-refractivity contribution < 1.29 is 374 Å². The molecule has 0 saturated carbocycles. The Kier molecular flexibility index (Phi) is 72.6. The van der Waals surface area contributed by atoms with Crippen molar-refractivity contribution in [2.45, 2.75) is 44.6 Å². The minimum absolute atomic E-state index is 0. The molecule has 40 heavy (non-hydrogen) atoms. The first-order valence-electron chi connectivity index (χ1n) is 10.5. The summed E-state index contributed by atoms with van der Waals surface area (Å²) >= 11 is 0. The van der Waals surface area contributed by atoms with Gasteiger partial charge in [-0.2, -0.15) is 0 Å². The van der Waals surface area contributed by atoms with E-state index < -0.39 is 0 Å². The number of hydrogen-bond donors (Lipinski definition) is 3. The number of nitrogens with one attached hydrogen (secondary N) is 2. The Bertz CT molecular complexity index is 795. The first-order valence-corrected chi connectivity index (χ1v) is 10.5. The van der Waals surface area contributed by atoms with Crippen molar-refractivity contribution in [2.75, 3.05) is 26.2 Å². The standard InChI is InChI=1S/C13H18FN.C11H14FNO.11Y/c1-13(2)9-15-8-7-12(13)10-3-5-11(14)6-4-10;12-9-3-1-8(2-4-9)10-5-6-13-7-11(10)14;;;;;;;;;;;/h3-6,12,15H,7-9H2,1-2H3;1-4,10-11,13-14H,5-7H2;;;;;;;;;;;/t;10?,11-;;;;;;;;;;;/m.1.........../s1. The average Bonchev–Trinajstić information content (AvgIpc) is 2.70. The van der Waals surface area contributed by atoms with E-state index in [0.29, 0.717) is 12.5 Å². The van der Waals surface area contributed by atoms with Crippen molar-refractivity contribution in [3.8, 4) is 0 Å². The molecule has 2 unspecified atom stereocenters. The van der Waals surface area contributed by atoms with Gasteiger partial charge in [0, 0.05) is 379 Å². The minimum atomic E-state index is -0.353. The molecule has 2 heterocycles. The molecule has 2 aliphatic rings. The van der Waals surface area contributed by atoms with Gasteiger partial charge in [0.25, 0.3) is 0 Å². The van der Waals surface area contributed by atoms with E-state index in [1.165, 1.54) is 17.7 Å². The largest absolute Gasteiger partial charge is 0.391 e. The molecule has 2 fully saturated rings. The maximum absolute atomic E-state index is 12.8. The summed E-state index contributed by atoms with van der Waals surface area (Å²) in [7, 11) is 0. The number of hydrogen-bond acceptors (Lipinski definition) is 3. The summed E-state index contributed by atoms with van der Waals surface area (Å²) in [5, 5.41) is 16.3. The fourth-order valence-corrected chi connectivity index (χ4v) is 4.42. The summed E-state index contributed by atoms with van der Waals surface area (Å²) in [4.78, 5) is 0. The third-order valence-electron chi connectivity index (χ3n) is 6.15. The van der Waals surface area contributed by atoms with E-state index >= 15 is 0 Å². The Morgan fingerprint density at radius 1 is 0.625 bits per heavy atom. The number of aliphatic hydroxyl groups excluding tert-OH is 1. The van der Waals surface area contributed by atoms with Crippen LogP contribution in [0.2, 0.25) is 0 Å². The van der Waals surface area contributed by atoms with E-state index in [0.717, 1.165) is 38.0 Å². The number of rotatable bonds is 2. The molecule has 0 amide bonds. The van der Waals surface area contributed by atoms with Crippen LogP contribution in [-0.4, -0.2) is 37.4 Å². The van der Waals surface area contributed by atoms with Crippen molar-refractivity contribution in [1.29, 1.82) is 0 Å². The van der Waals surface area contributed by atoms with Crippen LogP contribution in [0.15, 0.2) is 48.5 Å². The van der Waals surface area contributed by atoms with Gasteiger partial charge in [0.1, 0.15) is 11.6 Å². The van der Waals surface area contributed by atoms with E-state index in [4.69, 9.17) is 0 Å². The predicted molar refractivity (Wildman–Crippen MR) is 113 cm³/mol. The fourth-order valence-electron chi connectivity index (χ4n) is 4.42. The molecule has 0 spiro atoms. The van der Waals surface area contributed by atoms with Gasteiger partial charge >= 0.3 is 0 Å². The van der Waals surface area contributed by atoms with E-state index in [1.54, 1.807) is 24.3 Å². The van der Waals surface area contributed by atoms with Gasteiger partial charge in [-0.1, -0.05) is 38.1 Å². The smallest absolute Gasteiger partial charge is 0.123 e. The van der Waals surface area contributed by atoms with Crippen LogP contribution in [0, 0.1) is 17.0 Å². The first-order chi connectivity index (χ1) is 13.9. The third kappa shape index (κ3) is 27.0. The fraction of sp³-hybridized carbons (Fsp3) is 0.500. The zero-order valence-electron chi connectivity index (χ0n) is 23.6. The summed E-state index contributed by atoms with van der Waals surface area (Å²) in [5.74, 6) is 0.318. The maximum Gasteiger partial charge on any atom is 0.123 e. The molecule has 3 nitrogen and oxygen atoms in total. The summed E-state index contributed by atoms with van der Waals surface area (Å²) in [6, 6.07) is 13.4. The second-order valence-electron chi connectivity index (χ2n) is 8.78. The van der Waals surface area contributed by atoms with Crippen molar-refractivity contribution in [1.82, 2.24) is 10.6 Å². The number of β-amino-alcohol motifs (C(OH)–C–C–N with tert-alkyl or cyclic N) is 1. The van der Waals surface area contributed by atoms with Gasteiger partial charge in [0.2, 0.25) is 0 Å². The minimum Gasteiger partial charge on any atom is -0.391 e. The molecular formula is C24H32F2N2OY11. The van der Waals surface area contributed by atoms with Gasteiger partial charge in [-0.15, -0.1) is 0 Å². The van der Waals surface area contributed by atoms with Crippen LogP contribution >= 0.6 is 0 Å². The number of benzene rings is 2. The normalized spacial score (nSPS) is 19.1. The van der Waals surface area contributed by atoms with Crippen LogP contribution in [0.4, 0.5) is 8.78 Å². The molecular weight excluding hydrogens is 1350 g/mol. The Labute approximate surface area is 517 Å². The Balaban J connectivity index is -0.0000000539. The first kappa shape index (κ1) is 71.7. The number of aliphatic hydroxyl groups is 1. The zero-order valence-corrected chi connectivity index (χ0v) is 54.9. The van der Waals surface area contributed by atoms with E-state index in [1.807, 2.05) is 12.1 Å². The molecule has 16 heteroatoms. The summed E-state index contributed by atoms with van der Waals surface area (Å²) in [5.41, 5.74) is 2.55. The van der Waals surface area contributed by atoms with Gasteiger partial charge < -0.3 is 15.7 Å². The second kappa shape index (κ2) is 40.5. The van der Waals surface area contributed by atoms with E-state index in [-0.39, 0.29) is 389 Å². The van der Waals surface area contributed by atoms with Gasteiger partial charge in [0.05, 0.1) is 6.10 Å². The summed E-state index contributed by atoms with van der Waals surface area (Å²) < 4.78 is 25.5. The van der Waals surface area contributed by atoms with Crippen molar-refractivity contribution in [3.63, 3.8) is 0 Å². The van der Waals surface area contributed by atoms with Gasteiger partial charge in [0.15, 0.2) is 0 Å². The van der Waals surface area contributed by atoms with Crippen LogP contribution in [0.1, 0.15) is 49.7 Å². The molecule has 2 aromatic carbocycles. The van der Waals surface area contributed by atoms with Gasteiger partial charge in [-0.3, -0.25) is 0 Å². The molecule has 2 aliphatic heterocycles.